The van der Waals surface area contributed by atoms with Gasteiger partial charge < -0.3 is 0 Å². The Morgan fingerprint density at radius 2 is 1.00 bits per heavy atom. The molecule has 4 heteroatoms. The Bertz CT molecular complexity index is 324. The van der Waals surface area contributed by atoms with Crippen molar-refractivity contribution in [1.82, 2.24) is 0 Å². The molecule has 0 saturated heterocycles. The highest BCUT2D eigenvalue weighted by atomic mass is 31.2. The Hall–Kier alpha value is -0.0600. The second-order valence-corrected chi connectivity index (χ2v) is 7.06. The van der Waals surface area contributed by atoms with Gasteiger partial charge in [0.05, 0.1) is 16.5 Å². The molecule has 14 heavy (non-hydrogen) atoms. The number of hydrogen-bond acceptors (Lipinski definition) is 0. The average molecular weight is 230 g/mol. The molecule has 0 atom stereocenters. The van der Waals surface area contributed by atoms with Gasteiger partial charge in [0.2, 0.25) is 0 Å². The number of rotatable bonds is 0. The minimum atomic E-state index is -1.30. The Labute approximate surface area is 84.5 Å². The first-order valence-electron chi connectivity index (χ1n) is 4.67. The topological polar surface area (TPSA) is 0 Å². The normalized spacial score (nSPS) is 21.3. The summed E-state index contributed by atoms with van der Waals surface area (Å²) in [6.45, 7) is 0. The summed E-state index contributed by atoms with van der Waals surface area (Å²) in [7, 11) is -2.59. The molecule has 0 radical (unpaired) electrons. The maximum atomic E-state index is 13.2. The van der Waals surface area contributed by atoms with Gasteiger partial charge in [0.1, 0.15) is 0 Å². The van der Waals surface area contributed by atoms with Crippen molar-refractivity contribution in [2.75, 3.05) is 0 Å². The Morgan fingerprint density at radius 3 is 1.29 bits per heavy atom. The molecule has 2 aliphatic heterocycles. The molecular formula is C10H10F2P2. The van der Waals surface area contributed by atoms with E-state index in [1.165, 1.54) is 0 Å². The standard InChI is InChI=1S/C10H10F2P2/c11-13-3-7-1-8-4-14(12)6-10(8)2-9(7)5-13/h1-2H,3-6H2. The summed E-state index contributed by atoms with van der Waals surface area (Å²) >= 11 is 0. The SMILES string of the molecule is FP1Cc2cc3c(cc2C1)CP(F)C3. The van der Waals surface area contributed by atoms with Crippen LogP contribution in [0, 0.1) is 0 Å². The molecule has 1 aromatic rings. The highest BCUT2D eigenvalue weighted by Crippen LogP contribution is 2.56. The van der Waals surface area contributed by atoms with Crippen LogP contribution in [0.25, 0.3) is 0 Å². The van der Waals surface area contributed by atoms with Gasteiger partial charge in [0, 0.05) is 24.6 Å². The highest BCUT2D eigenvalue weighted by Gasteiger charge is 2.27. The molecule has 74 valence electrons. The molecule has 0 aliphatic carbocycles. The van der Waals surface area contributed by atoms with Crippen LogP contribution >= 0.6 is 16.5 Å². The Balaban J connectivity index is 2.05. The van der Waals surface area contributed by atoms with Crippen LogP contribution in [0.4, 0.5) is 8.39 Å². The van der Waals surface area contributed by atoms with Gasteiger partial charge in [-0.2, -0.15) is 0 Å². The predicted octanol–water partition coefficient (Wildman–Crippen LogP) is 4.45. The maximum Gasteiger partial charge on any atom is 0.0902 e. The molecule has 2 aliphatic rings. The summed E-state index contributed by atoms with van der Waals surface area (Å²) in [6.07, 6.45) is 2.40. The van der Waals surface area contributed by atoms with E-state index in [0.29, 0.717) is 24.6 Å². The van der Waals surface area contributed by atoms with Crippen LogP contribution in [0.1, 0.15) is 22.3 Å². The van der Waals surface area contributed by atoms with Gasteiger partial charge in [0.25, 0.3) is 0 Å². The highest BCUT2D eigenvalue weighted by molar-refractivity contribution is 7.51. The van der Waals surface area contributed by atoms with Crippen molar-refractivity contribution in [2.24, 2.45) is 0 Å². The molecule has 0 unspecified atom stereocenters. The largest absolute Gasteiger partial charge is 0.226 e. The van der Waals surface area contributed by atoms with E-state index in [1.807, 2.05) is 0 Å². The number of fused-ring (bicyclic) bond motifs is 2. The van der Waals surface area contributed by atoms with Crippen molar-refractivity contribution < 1.29 is 8.39 Å². The van der Waals surface area contributed by atoms with Gasteiger partial charge in [-0.15, -0.1) is 0 Å². The zero-order valence-corrected chi connectivity index (χ0v) is 9.42. The van der Waals surface area contributed by atoms with E-state index in [9.17, 15) is 8.39 Å². The van der Waals surface area contributed by atoms with Crippen LogP contribution in [-0.2, 0) is 24.6 Å². The van der Waals surface area contributed by atoms with Crippen molar-refractivity contribution in [3.05, 3.63) is 34.4 Å². The van der Waals surface area contributed by atoms with Crippen LogP contribution in [-0.4, -0.2) is 0 Å². The van der Waals surface area contributed by atoms with Crippen LogP contribution < -0.4 is 0 Å². The fourth-order valence-corrected chi connectivity index (χ4v) is 5.11. The molecule has 0 nitrogen and oxygen atoms in total. The summed E-state index contributed by atoms with van der Waals surface area (Å²) in [4.78, 5) is 0. The molecule has 0 bridgehead atoms. The number of hydrogen-bond donors (Lipinski definition) is 0. The van der Waals surface area contributed by atoms with E-state index in [1.54, 1.807) is 0 Å². The van der Waals surface area contributed by atoms with Gasteiger partial charge in [-0.3, -0.25) is 0 Å². The number of benzene rings is 1. The molecule has 0 spiro atoms. The fraction of sp³-hybridized carbons (Fsp3) is 0.400. The molecule has 0 aromatic heterocycles. The average Bonchev–Trinajstić information content (AvgIpc) is 2.59. The van der Waals surface area contributed by atoms with Crippen LogP contribution in [0.3, 0.4) is 0 Å². The molecule has 3 rings (SSSR count). The molecule has 0 amide bonds. The van der Waals surface area contributed by atoms with Crippen molar-refractivity contribution in [3.8, 4) is 0 Å². The fourth-order valence-electron chi connectivity index (χ4n) is 2.23. The first-order valence-corrected chi connectivity index (χ1v) is 7.88. The lowest BCUT2D eigenvalue weighted by Crippen LogP contribution is -1.88. The van der Waals surface area contributed by atoms with E-state index in [0.717, 1.165) is 22.3 Å². The summed E-state index contributed by atoms with van der Waals surface area (Å²) in [6, 6.07) is 4.10. The van der Waals surface area contributed by atoms with E-state index < -0.39 is 16.5 Å². The van der Waals surface area contributed by atoms with Gasteiger partial charge in [0.15, 0.2) is 0 Å². The summed E-state index contributed by atoms with van der Waals surface area (Å²) in [5.74, 6) is 0. The molecule has 2 heterocycles. The van der Waals surface area contributed by atoms with Crippen LogP contribution in [0.2, 0.25) is 0 Å². The quantitative estimate of drug-likeness (QED) is 0.577. The third-order valence-electron chi connectivity index (χ3n) is 2.89. The molecule has 0 saturated carbocycles. The van der Waals surface area contributed by atoms with Crippen molar-refractivity contribution in [3.63, 3.8) is 0 Å². The maximum absolute atomic E-state index is 13.2. The van der Waals surface area contributed by atoms with E-state index in [4.69, 9.17) is 0 Å². The van der Waals surface area contributed by atoms with Crippen molar-refractivity contribution in [1.29, 1.82) is 0 Å². The van der Waals surface area contributed by atoms with Gasteiger partial charge >= 0.3 is 0 Å². The summed E-state index contributed by atoms with van der Waals surface area (Å²) in [5, 5.41) is 0. The summed E-state index contributed by atoms with van der Waals surface area (Å²) < 4.78 is 26.3. The first kappa shape index (κ1) is 9.19. The summed E-state index contributed by atoms with van der Waals surface area (Å²) in [5.41, 5.74) is 4.57. The van der Waals surface area contributed by atoms with Crippen molar-refractivity contribution in [2.45, 2.75) is 24.6 Å². The van der Waals surface area contributed by atoms with Crippen LogP contribution in [0.5, 0.6) is 0 Å². The molecule has 0 fully saturated rings. The van der Waals surface area contributed by atoms with Gasteiger partial charge in [-0.05, 0) is 22.3 Å². The number of halogens is 2. The zero-order chi connectivity index (χ0) is 9.71. The third-order valence-corrected chi connectivity index (χ3v) is 5.62. The lowest BCUT2D eigenvalue weighted by Gasteiger charge is -2.02. The van der Waals surface area contributed by atoms with E-state index in [2.05, 4.69) is 12.1 Å². The second-order valence-electron chi connectivity index (χ2n) is 3.95. The Kier molecular flexibility index (Phi) is 2.11. The molecule has 1 aromatic carbocycles. The van der Waals surface area contributed by atoms with Crippen molar-refractivity contribution >= 4 is 16.5 Å². The van der Waals surface area contributed by atoms with E-state index >= 15 is 0 Å². The minimum Gasteiger partial charge on any atom is -0.226 e. The van der Waals surface area contributed by atoms with Crippen LogP contribution in [0.15, 0.2) is 12.1 Å². The first-order chi connectivity index (χ1) is 6.72. The molecule has 0 N–H and O–H groups in total. The van der Waals surface area contributed by atoms with Gasteiger partial charge in [-0.1, -0.05) is 12.1 Å². The van der Waals surface area contributed by atoms with Gasteiger partial charge in [-0.25, -0.2) is 8.39 Å². The monoisotopic (exact) mass is 230 g/mol. The lowest BCUT2D eigenvalue weighted by atomic mass is 10.0. The molecular weight excluding hydrogens is 220 g/mol. The lowest BCUT2D eigenvalue weighted by molar-refractivity contribution is 0.885. The predicted molar refractivity (Wildman–Crippen MR) is 57.3 cm³/mol. The third kappa shape index (κ3) is 1.40. The minimum absolute atomic E-state index is 0.599. The zero-order valence-electron chi connectivity index (χ0n) is 7.63. The Morgan fingerprint density at radius 1 is 0.714 bits per heavy atom. The smallest absolute Gasteiger partial charge is 0.0902 e. The van der Waals surface area contributed by atoms with E-state index in [-0.39, 0.29) is 0 Å². The second kappa shape index (κ2) is 3.22.